The van der Waals surface area contributed by atoms with Gasteiger partial charge in [0.15, 0.2) is 11.5 Å². The van der Waals surface area contributed by atoms with Crippen LogP contribution < -0.4 is 10.4 Å². The number of esters is 1. The molecule has 5 rings (SSSR count). The van der Waals surface area contributed by atoms with Crippen LogP contribution in [-0.4, -0.2) is 5.97 Å². The molecule has 4 aromatic heterocycles. The third kappa shape index (κ3) is 3.65. The third-order valence-electron chi connectivity index (χ3n) is 4.48. The van der Waals surface area contributed by atoms with E-state index in [0.717, 1.165) is 16.6 Å². The minimum atomic E-state index is -0.558. The summed E-state index contributed by atoms with van der Waals surface area (Å²) in [6.45, 7) is 4.56. The van der Waals surface area contributed by atoms with E-state index >= 15 is 0 Å². The Morgan fingerprint density at radius 3 is 2.07 bits per heavy atom. The fourth-order valence-electron chi connectivity index (χ4n) is 3.06. The van der Waals surface area contributed by atoms with Crippen LogP contribution in [0.15, 0.2) is 72.6 Å². The summed E-state index contributed by atoms with van der Waals surface area (Å²) in [7, 11) is 0. The summed E-state index contributed by atoms with van der Waals surface area (Å²) in [5, 5.41) is 0.897. The van der Waals surface area contributed by atoms with Crippen LogP contribution in [-0.2, 0) is 4.79 Å². The average Bonchev–Trinajstić information content (AvgIpc) is 3.44. The number of hydrogen-bond acceptors (Lipinski definition) is 6. The number of furan rings is 3. The summed E-state index contributed by atoms with van der Waals surface area (Å²) >= 11 is 0. The van der Waals surface area contributed by atoms with E-state index in [1.807, 2.05) is 48.5 Å². The van der Waals surface area contributed by atoms with Crippen LogP contribution in [0.1, 0.15) is 18.1 Å². The van der Waals surface area contributed by atoms with Crippen molar-refractivity contribution in [1.82, 2.24) is 0 Å². The second-order valence-electron chi connectivity index (χ2n) is 6.61. The van der Waals surface area contributed by atoms with Gasteiger partial charge in [-0.05, 0) is 50.2 Å². The molecule has 0 N–H and O–H groups in total. The second kappa shape index (κ2) is 7.31. The molecule has 146 valence electrons. The first-order valence-electron chi connectivity index (χ1n) is 9.02. The third-order valence-corrected chi connectivity index (χ3v) is 4.48. The van der Waals surface area contributed by atoms with Gasteiger partial charge in [0.25, 0.3) is 0 Å². The summed E-state index contributed by atoms with van der Waals surface area (Å²) in [6.07, 6.45) is 0. The lowest BCUT2D eigenvalue weighted by Gasteiger charge is -2.10. The van der Waals surface area contributed by atoms with Crippen LogP contribution in [0.2, 0.25) is 0 Å². The molecular formula is C23H18O6. The fourth-order valence-corrected chi connectivity index (χ4v) is 3.06. The van der Waals surface area contributed by atoms with Gasteiger partial charge in [-0.15, -0.1) is 0 Å². The van der Waals surface area contributed by atoms with Crippen molar-refractivity contribution in [3.8, 4) is 17.3 Å². The van der Waals surface area contributed by atoms with Gasteiger partial charge in [0.2, 0.25) is 0 Å². The molecule has 0 saturated carbocycles. The monoisotopic (exact) mass is 390 g/mol. The van der Waals surface area contributed by atoms with Crippen molar-refractivity contribution in [2.45, 2.75) is 20.8 Å². The number of hydrogen-bond donors (Lipinski definition) is 0. The van der Waals surface area contributed by atoms with Crippen LogP contribution in [0.25, 0.3) is 33.7 Å². The Bertz CT molecular complexity index is 1270. The van der Waals surface area contributed by atoms with Gasteiger partial charge in [0, 0.05) is 17.9 Å². The molecule has 0 spiro atoms. The van der Waals surface area contributed by atoms with Crippen molar-refractivity contribution in [2.75, 3.05) is 0 Å². The van der Waals surface area contributed by atoms with Gasteiger partial charge >= 0.3 is 11.6 Å². The number of ether oxygens (including phenoxy) is 1. The predicted octanol–water partition coefficient (Wildman–Crippen LogP) is 5.47. The molecule has 0 unspecified atom stereocenters. The largest absolute Gasteiger partial charge is 0.457 e. The van der Waals surface area contributed by atoms with Crippen LogP contribution in [0.4, 0.5) is 0 Å². The molecule has 2 bridgehead atoms. The summed E-state index contributed by atoms with van der Waals surface area (Å²) in [4.78, 5) is 23.2. The number of rotatable bonds is 2. The smallest absolute Gasteiger partial charge is 0.343 e. The molecule has 0 aliphatic rings. The van der Waals surface area contributed by atoms with E-state index in [9.17, 15) is 9.59 Å². The predicted molar refractivity (Wildman–Crippen MR) is 108 cm³/mol. The van der Waals surface area contributed by atoms with Crippen molar-refractivity contribution in [3.63, 3.8) is 0 Å². The van der Waals surface area contributed by atoms with E-state index in [0.29, 0.717) is 16.9 Å². The summed E-state index contributed by atoms with van der Waals surface area (Å²) in [5.41, 5.74) is 2.87. The topological polar surface area (TPSA) is 82.8 Å². The summed E-state index contributed by atoms with van der Waals surface area (Å²) < 4.78 is 21.3. The molecule has 29 heavy (non-hydrogen) atoms. The Hall–Kier alpha value is -3.80. The molecule has 6 heteroatoms. The maximum absolute atomic E-state index is 12.0. The SMILES string of the molecule is CC(=O)Oc1c(C)c(-c2cc3ccccc3o2)oc(=O)c1C.c1cc2ccc1o2. The average molecular weight is 390 g/mol. The lowest BCUT2D eigenvalue weighted by Crippen LogP contribution is -2.12. The molecule has 4 heterocycles. The van der Waals surface area contributed by atoms with Gasteiger partial charge in [-0.2, -0.15) is 0 Å². The van der Waals surface area contributed by atoms with Gasteiger partial charge in [0.1, 0.15) is 22.5 Å². The highest BCUT2D eigenvalue weighted by Crippen LogP contribution is 2.34. The zero-order valence-electron chi connectivity index (χ0n) is 16.1. The molecule has 6 nitrogen and oxygen atoms in total. The second-order valence-corrected chi connectivity index (χ2v) is 6.61. The van der Waals surface area contributed by atoms with Gasteiger partial charge < -0.3 is 18.0 Å². The standard InChI is InChI=1S/C17H14O5.C6H4O/c1-9-15(20-11(3)18)10(2)17(19)22-16(9)14-8-12-6-4-5-7-13(12)21-14;1-2-6-4-3-5(1)7-6/h4-8H,1-3H3;1-4H. The van der Waals surface area contributed by atoms with Gasteiger partial charge in [0.05, 0.1) is 5.56 Å². The molecular weight excluding hydrogens is 372 g/mol. The Morgan fingerprint density at radius 1 is 0.862 bits per heavy atom. The van der Waals surface area contributed by atoms with Crippen LogP contribution in [0.5, 0.6) is 5.75 Å². The Labute approximate surface area is 165 Å². The Morgan fingerprint density at radius 2 is 1.52 bits per heavy atom. The molecule has 0 atom stereocenters. The van der Waals surface area contributed by atoms with Gasteiger partial charge in [-0.25, -0.2) is 4.79 Å². The summed E-state index contributed by atoms with van der Waals surface area (Å²) in [5.74, 6) is 0.416. The normalized spacial score (nSPS) is 10.9. The van der Waals surface area contributed by atoms with E-state index in [4.69, 9.17) is 18.0 Å². The minimum Gasteiger partial charge on any atom is -0.457 e. The summed E-state index contributed by atoms with van der Waals surface area (Å²) in [6, 6.07) is 17.1. The number of benzene rings is 2. The maximum atomic E-state index is 12.0. The lowest BCUT2D eigenvalue weighted by molar-refractivity contribution is -0.132. The molecule has 0 aliphatic heterocycles. The first kappa shape index (κ1) is 18.6. The van der Waals surface area contributed by atoms with E-state index in [2.05, 4.69) is 0 Å². The molecule has 1 aromatic carbocycles. The highest BCUT2D eigenvalue weighted by Gasteiger charge is 2.20. The van der Waals surface area contributed by atoms with Crippen LogP contribution in [0, 0.1) is 13.8 Å². The van der Waals surface area contributed by atoms with Crippen LogP contribution >= 0.6 is 0 Å². The number of carbonyl (C=O) groups excluding carboxylic acids is 1. The first-order chi connectivity index (χ1) is 13.9. The van der Waals surface area contributed by atoms with Crippen LogP contribution in [0.3, 0.4) is 0 Å². The molecule has 5 aromatic rings. The first-order valence-corrected chi connectivity index (χ1v) is 9.02. The van der Waals surface area contributed by atoms with E-state index in [1.165, 1.54) is 6.92 Å². The molecule has 0 amide bonds. The Balaban J connectivity index is 0.000000243. The van der Waals surface area contributed by atoms with Crippen molar-refractivity contribution >= 4 is 28.1 Å². The maximum Gasteiger partial charge on any atom is 0.343 e. The zero-order chi connectivity index (χ0) is 20.5. The van der Waals surface area contributed by atoms with E-state index in [1.54, 1.807) is 19.9 Å². The van der Waals surface area contributed by atoms with Crippen molar-refractivity contribution in [2.24, 2.45) is 0 Å². The van der Waals surface area contributed by atoms with Crippen molar-refractivity contribution < 1.29 is 22.8 Å². The quantitative estimate of drug-likeness (QED) is 0.372. The van der Waals surface area contributed by atoms with Crippen molar-refractivity contribution in [3.05, 3.63) is 76.1 Å². The van der Waals surface area contributed by atoms with Gasteiger partial charge in [-0.3, -0.25) is 4.79 Å². The Kier molecular flexibility index (Phi) is 4.68. The molecule has 0 saturated heterocycles. The van der Waals surface area contributed by atoms with Crippen molar-refractivity contribution in [1.29, 1.82) is 0 Å². The highest BCUT2D eigenvalue weighted by molar-refractivity contribution is 5.82. The molecule has 0 fully saturated rings. The zero-order valence-corrected chi connectivity index (χ0v) is 16.1. The highest BCUT2D eigenvalue weighted by atomic mass is 16.5. The van der Waals surface area contributed by atoms with Gasteiger partial charge in [-0.1, -0.05) is 18.2 Å². The number of para-hydroxylation sites is 1. The minimum absolute atomic E-state index is 0.221. The fraction of sp³-hybridized carbons (Fsp3) is 0.130. The van der Waals surface area contributed by atoms with E-state index in [-0.39, 0.29) is 17.1 Å². The molecule has 0 radical (unpaired) electrons. The number of carbonyl (C=O) groups is 1. The lowest BCUT2D eigenvalue weighted by atomic mass is 10.1. The van der Waals surface area contributed by atoms with E-state index < -0.39 is 11.6 Å². The number of fused-ring (bicyclic) bond motifs is 3. The molecule has 0 aliphatic carbocycles.